The lowest BCUT2D eigenvalue weighted by molar-refractivity contribution is 0.0137. The summed E-state index contributed by atoms with van der Waals surface area (Å²) in [6, 6.07) is 6.29. The predicted molar refractivity (Wildman–Crippen MR) is 99.3 cm³/mol. The smallest absolute Gasteiger partial charge is 0.242 e. The number of sulfonamides is 1. The number of unbranched alkanes of at least 4 members (excludes halogenated alkanes) is 1. The molecule has 1 aromatic carbocycles. The fourth-order valence-electron chi connectivity index (χ4n) is 3.19. The molecule has 1 aromatic rings. The van der Waals surface area contributed by atoms with Crippen molar-refractivity contribution in [2.45, 2.75) is 49.5 Å². The van der Waals surface area contributed by atoms with Crippen LogP contribution in [0.5, 0.6) is 0 Å². The van der Waals surface area contributed by atoms with Crippen LogP contribution in [0.3, 0.4) is 0 Å². The molecule has 0 aliphatic heterocycles. The summed E-state index contributed by atoms with van der Waals surface area (Å²) >= 11 is 5.83. The molecule has 0 atom stereocenters. The quantitative estimate of drug-likeness (QED) is 0.658. The van der Waals surface area contributed by atoms with E-state index in [1.165, 1.54) is 4.31 Å². The molecule has 1 saturated carbocycles. The average Bonchev–Trinajstić information content (AvgIpc) is 2.60. The van der Waals surface area contributed by atoms with Crippen molar-refractivity contribution in [3.63, 3.8) is 0 Å². The Morgan fingerprint density at radius 1 is 1.16 bits per heavy atom. The van der Waals surface area contributed by atoms with Crippen molar-refractivity contribution in [3.05, 3.63) is 29.3 Å². The van der Waals surface area contributed by atoms with Crippen molar-refractivity contribution < 1.29 is 18.3 Å². The first kappa shape index (κ1) is 20.6. The van der Waals surface area contributed by atoms with Gasteiger partial charge in [0.05, 0.1) is 11.0 Å². The second-order valence-electron chi connectivity index (χ2n) is 6.68. The van der Waals surface area contributed by atoms with Crippen molar-refractivity contribution in [1.82, 2.24) is 4.31 Å². The SMILES string of the molecule is CN(CC1CCC(OCCCCO)CC1)S(=O)(=O)c1ccc(Cl)cc1. The van der Waals surface area contributed by atoms with Crippen LogP contribution in [0.1, 0.15) is 38.5 Å². The van der Waals surface area contributed by atoms with Crippen LogP contribution in [0, 0.1) is 5.92 Å². The number of hydrogen-bond acceptors (Lipinski definition) is 4. The molecule has 1 aliphatic rings. The number of rotatable bonds is 9. The number of aliphatic hydroxyl groups is 1. The van der Waals surface area contributed by atoms with Gasteiger partial charge in [0, 0.05) is 31.8 Å². The normalized spacial score (nSPS) is 21.6. The lowest BCUT2D eigenvalue weighted by Gasteiger charge is -2.31. The zero-order valence-corrected chi connectivity index (χ0v) is 16.3. The molecule has 0 unspecified atom stereocenters. The summed E-state index contributed by atoms with van der Waals surface area (Å²) in [5.41, 5.74) is 0. The molecular weight excluding hydrogens is 362 g/mol. The van der Waals surface area contributed by atoms with Gasteiger partial charge >= 0.3 is 0 Å². The second kappa shape index (κ2) is 9.88. The standard InChI is InChI=1S/C18H28ClNO4S/c1-20(25(22,23)18-10-6-16(19)7-11-18)14-15-4-8-17(9-5-15)24-13-3-2-12-21/h6-7,10-11,15,17,21H,2-5,8-9,12-14H2,1H3. The van der Waals surface area contributed by atoms with Gasteiger partial charge in [-0.25, -0.2) is 12.7 Å². The van der Waals surface area contributed by atoms with Crippen molar-refractivity contribution in [1.29, 1.82) is 0 Å². The largest absolute Gasteiger partial charge is 0.396 e. The molecule has 0 aromatic heterocycles. The van der Waals surface area contributed by atoms with Gasteiger partial charge in [0.1, 0.15) is 0 Å². The second-order valence-corrected chi connectivity index (χ2v) is 9.17. The number of ether oxygens (including phenoxy) is 1. The maximum Gasteiger partial charge on any atom is 0.242 e. The summed E-state index contributed by atoms with van der Waals surface area (Å²) in [5.74, 6) is 0.365. The van der Waals surface area contributed by atoms with E-state index in [1.807, 2.05) is 0 Å². The fourth-order valence-corrected chi connectivity index (χ4v) is 4.57. The van der Waals surface area contributed by atoms with E-state index in [0.29, 0.717) is 24.1 Å². The van der Waals surface area contributed by atoms with Crippen molar-refractivity contribution in [2.24, 2.45) is 5.92 Å². The van der Waals surface area contributed by atoms with Gasteiger partial charge in [-0.2, -0.15) is 0 Å². The maximum atomic E-state index is 12.6. The Bertz CT molecular complexity index is 612. The third kappa shape index (κ3) is 6.22. The molecule has 0 amide bonds. The van der Waals surface area contributed by atoms with E-state index in [4.69, 9.17) is 21.4 Å². The fraction of sp³-hybridized carbons (Fsp3) is 0.667. The molecule has 0 spiro atoms. The molecule has 0 bridgehead atoms. The van der Waals surface area contributed by atoms with Gasteiger partial charge < -0.3 is 9.84 Å². The molecule has 25 heavy (non-hydrogen) atoms. The Morgan fingerprint density at radius 3 is 2.40 bits per heavy atom. The van der Waals surface area contributed by atoms with E-state index < -0.39 is 10.0 Å². The molecule has 2 rings (SSSR count). The van der Waals surface area contributed by atoms with Gasteiger partial charge in [0.2, 0.25) is 10.0 Å². The van der Waals surface area contributed by atoms with Crippen LogP contribution >= 0.6 is 11.6 Å². The van der Waals surface area contributed by atoms with Crippen LogP contribution in [0.15, 0.2) is 29.2 Å². The van der Waals surface area contributed by atoms with Crippen molar-refractivity contribution in [2.75, 3.05) is 26.8 Å². The Morgan fingerprint density at radius 2 is 1.80 bits per heavy atom. The van der Waals surface area contributed by atoms with Gasteiger partial charge in [-0.1, -0.05) is 11.6 Å². The number of aliphatic hydroxyl groups excluding tert-OH is 1. The highest BCUT2D eigenvalue weighted by Gasteiger charge is 2.27. The highest BCUT2D eigenvalue weighted by atomic mass is 35.5. The van der Waals surface area contributed by atoms with E-state index in [9.17, 15) is 8.42 Å². The Labute approximate surface area is 156 Å². The lowest BCUT2D eigenvalue weighted by Crippen LogP contribution is -2.34. The first-order valence-corrected chi connectivity index (χ1v) is 10.7. The highest BCUT2D eigenvalue weighted by molar-refractivity contribution is 7.89. The molecule has 142 valence electrons. The van der Waals surface area contributed by atoms with Crippen LogP contribution in [0.4, 0.5) is 0 Å². The predicted octanol–water partition coefficient (Wildman–Crippen LogP) is 3.31. The summed E-state index contributed by atoms with van der Waals surface area (Å²) in [6.45, 7) is 1.44. The first-order chi connectivity index (χ1) is 11.9. The average molecular weight is 390 g/mol. The van der Waals surface area contributed by atoms with Crippen LogP contribution in [-0.4, -0.2) is 50.7 Å². The van der Waals surface area contributed by atoms with Crippen molar-refractivity contribution in [3.8, 4) is 0 Å². The molecule has 0 heterocycles. The molecule has 5 nitrogen and oxygen atoms in total. The number of hydrogen-bond donors (Lipinski definition) is 1. The zero-order valence-electron chi connectivity index (χ0n) is 14.7. The van der Waals surface area contributed by atoms with Gasteiger partial charge in [0.15, 0.2) is 0 Å². The number of benzene rings is 1. The van der Waals surface area contributed by atoms with E-state index in [1.54, 1.807) is 31.3 Å². The summed E-state index contributed by atoms with van der Waals surface area (Å²) in [5, 5.41) is 9.29. The third-order valence-corrected chi connectivity index (χ3v) is 6.83. The first-order valence-electron chi connectivity index (χ1n) is 8.88. The Balaban J connectivity index is 1.79. The minimum atomic E-state index is -3.47. The Hall–Kier alpha value is -0.660. The van der Waals surface area contributed by atoms with Crippen LogP contribution < -0.4 is 0 Å². The van der Waals surface area contributed by atoms with E-state index in [0.717, 1.165) is 38.5 Å². The van der Waals surface area contributed by atoms with Crippen molar-refractivity contribution >= 4 is 21.6 Å². The summed E-state index contributed by atoms with van der Waals surface area (Å²) in [4.78, 5) is 0.278. The van der Waals surface area contributed by atoms with Gasteiger partial charge in [0.25, 0.3) is 0 Å². The molecule has 7 heteroatoms. The molecule has 1 N–H and O–H groups in total. The highest BCUT2D eigenvalue weighted by Crippen LogP contribution is 2.28. The van der Waals surface area contributed by atoms with Crippen LogP contribution in [-0.2, 0) is 14.8 Å². The minimum absolute atomic E-state index is 0.213. The summed E-state index contributed by atoms with van der Waals surface area (Å²) < 4.78 is 32.5. The molecule has 1 aliphatic carbocycles. The zero-order chi connectivity index (χ0) is 18.3. The monoisotopic (exact) mass is 389 g/mol. The van der Waals surface area contributed by atoms with E-state index in [2.05, 4.69) is 0 Å². The molecular formula is C18H28ClNO4S. The number of nitrogens with zero attached hydrogens (tertiary/aromatic N) is 1. The lowest BCUT2D eigenvalue weighted by atomic mass is 9.87. The molecule has 1 fully saturated rings. The van der Waals surface area contributed by atoms with Crippen LogP contribution in [0.2, 0.25) is 5.02 Å². The Kier molecular flexibility index (Phi) is 8.16. The summed E-state index contributed by atoms with van der Waals surface area (Å²) in [6.07, 6.45) is 5.84. The molecule has 0 radical (unpaired) electrons. The third-order valence-electron chi connectivity index (χ3n) is 4.74. The maximum absolute atomic E-state index is 12.6. The summed E-state index contributed by atoms with van der Waals surface area (Å²) in [7, 11) is -1.83. The van der Waals surface area contributed by atoms with Gasteiger partial charge in [-0.15, -0.1) is 0 Å². The van der Waals surface area contributed by atoms with E-state index >= 15 is 0 Å². The van der Waals surface area contributed by atoms with E-state index in [-0.39, 0.29) is 17.6 Å². The molecule has 0 saturated heterocycles. The van der Waals surface area contributed by atoms with Crippen LogP contribution in [0.25, 0.3) is 0 Å². The van der Waals surface area contributed by atoms with Gasteiger partial charge in [-0.3, -0.25) is 0 Å². The minimum Gasteiger partial charge on any atom is -0.396 e. The topological polar surface area (TPSA) is 66.8 Å². The number of halogens is 1. The van der Waals surface area contributed by atoms with Gasteiger partial charge in [-0.05, 0) is 68.7 Å².